The lowest BCUT2D eigenvalue weighted by atomic mass is 10.2. The summed E-state index contributed by atoms with van der Waals surface area (Å²) < 4.78 is 34.2. The second-order valence-electron chi connectivity index (χ2n) is 10.9. The van der Waals surface area contributed by atoms with E-state index in [1.807, 2.05) is 14.0 Å². The predicted molar refractivity (Wildman–Crippen MR) is 182 cm³/mol. The van der Waals surface area contributed by atoms with Crippen molar-refractivity contribution in [2.75, 3.05) is 92.8 Å². The summed E-state index contributed by atoms with van der Waals surface area (Å²) in [6.07, 6.45) is 0.976. The number of carbonyl (C=O) groups excluding carboxylic acids is 2. The molecule has 0 heterocycles. The molecular weight excluding hydrogens is 618 g/mol. The number of amides is 2. The molecule has 0 saturated heterocycles. The Kier molecular flexibility index (Phi) is 22.9. The molecule has 0 fully saturated rings. The van der Waals surface area contributed by atoms with Gasteiger partial charge in [0.15, 0.2) is 4.93 Å². The summed E-state index contributed by atoms with van der Waals surface area (Å²) in [6.45, 7) is 15.5. The highest BCUT2D eigenvalue weighted by Crippen LogP contribution is 2.44. The Labute approximate surface area is 277 Å². The fraction of sp³-hybridized carbons (Fsp3) is 0.688. The van der Waals surface area contributed by atoms with Crippen molar-refractivity contribution in [3.8, 4) is 17.6 Å². The van der Waals surface area contributed by atoms with Crippen molar-refractivity contribution >= 4 is 33.4 Å². The minimum atomic E-state index is -0.709. The fourth-order valence-corrected chi connectivity index (χ4v) is 5.47. The van der Waals surface area contributed by atoms with Gasteiger partial charge in [0.05, 0.1) is 52.8 Å². The number of ether oxygens (including phenoxy) is 6. The molecule has 1 aromatic carbocycles. The third kappa shape index (κ3) is 23.0. The van der Waals surface area contributed by atoms with Crippen molar-refractivity contribution in [2.24, 2.45) is 0 Å². The lowest BCUT2D eigenvalue weighted by Gasteiger charge is -2.31. The van der Waals surface area contributed by atoms with Crippen LogP contribution in [0.3, 0.4) is 0 Å². The zero-order valence-electron chi connectivity index (χ0n) is 27.8. The first-order valence-corrected chi connectivity index (χ1v) is 17.4. The topological polar surface area (TPSA) is 126 Å². The lowest BCUT2D eigenvalue weighted by Crippen LogP contribution is -2.34. The Balaban J connectivity index is 2.42. The maximum atomic E-state index is 12.7. The number of rotatable bonds is 26. The van der Waals surface area contributed by atoms with Gasteiger partial charge in [-0.1, -0.05) is 54.3 Å². The standard InChI is InChI=1S/C32H53N3O8S2/c1-7-8-14-34-29(36)25-41-22-23-43-32(5,45-44-31(2,3)4)26-42-28-12-9-11-27(24-28)30(37)35-15-17-39-19-21-40-20-18-38-16-10-13-33-6/h9,11-12,24,33H,10,13-23,25-26H2,1-6H3,(H,34,36)(H,35,37). The lowest BCUT2D eigenvalue weighted by molar-refractivity contribution is -0.126. The Morgan fingerprint density at radius 3 is 2.22 bits per heavy atom. The van der Waals surface area contributed by atoms with Gasteiger partial charge in [-0.3, -0.25) is 9.59 Å². The van der Waals surface area contributed by atoms with Crippen LogP contribution in [0.25, 0.3) is 0 Å². The minimum Gasteiger partial charge on any atom is -0.490 e. The van der Waals surface area contributed by atoms with Crippen LogP contribution in [0.15, 0.2) is 24.3 Å². The van der Waals surface area contributed by atoms with Crippen molar-refractivity contribution in [3.63, 3.8) is 0 Å². The van der Waals surface area contributed by atoms with Crippen LogP contribution in [0.2, 0.25) is 0 Å². The zero-order chi connectivity index (χ0) is 33.2. The van der Waals surface area contributed by atoms with Crippen LogP contribution in [0, 0.1) is 11.8 Å². The largest absolute Gasteiger partial charge is 0.490 e. The molecule has 0 aliphatic carbocycles. The van der Waals surface area contributed by atoms with Gasteiger partial charge in [0.1, 0.15) is 19.0 Å². The molecule has 256 valence electrons. The van der Waals surface area contributed by atoms with Crippen molar-refractivity contribution in [3.05, 3.63) is 29.8 Å². The van der Waals surface area contributed by atoms with Gasteiger partial charge >= 0.3 is 0 Å². The van der Waals surface area contributed by atoms with Gasteiger partial charge in [0.25, 0.3) is 5.91 Å². The zero-order valence-corrected chi connectivity index (χ0v) is 29.4. The number of hydrogen-bond acceptors (Lipinski definition) is 11. The minimum absolute atomic E-state index is 0.000756. The smallest absolute Gasteiger partial charge is 0.251 e. The summed E-state index contributed by atoms with van der Waals surface area (Å²) in [7, 11) is 5.18. The van der Waals surface area contributed by atoms with Crippen molar-refractivity contribution in [1.82, 2.24) is 16.0 Å². The highest BCUT2D eigenvalue weighted by molar-refractivity contribution is 8.77. The number of carbonyl (C=O) groups is 2. The average Bonchev–Trinajstić information content (AvgIpc) is 3.01. The molecule has 0 aliphatic heterocycles. The van der Waals surface area contributed by atoms with Crippen LogP contribution >= 0.6 is 21.6 Å². The summed E-state index contributed by atoms with van der Waals surface area (Å²) in [5, 5.41) is 8.60. The van der Waals surface area contributed by atoms with E-state index in [2.05, 4.69) is 48.6 Å². The van der Waals surface area contributed by atoms with Gasteiger partial charge in [0.2, 0.25) is 5.91 Å². The second kappa shape index (κ2) is 25.1. The van der Waals surface area contributed by atoms with E-state index in [0.29, 0.717) is 64.0 Å². The monoisotopic (exact) mass is 671 g/mol. The molecule has 0 spiro atoms. The molecule has 0 saturated carbocycles. The van der Waals surface area contributed by atoms with E-state index in [1.165, 1.54) is 0 Å². The number of benzene rings is 1. The van der Waals surface area contributed by atoms with E-state index in [4.69, 9.17) is 28.4 Å². The number of hydrogen-bond donors (Lipinski definition) is 3. The van der Waals surface area contributed by atoms with E-state index < -0.39 is 4.93 Å². The summed E-state index contributed by atoms with van der Waals surface area (Å²) in [5.74, 6) is 5.61. The van der Waals surface area contributed by atoms with E-state index >= 15 is 0 Å². The SMILES string of the molecule is CC#CCNC(=O)COCCOC(C)(COc1cccc(C(=O)NCCOCCOCCOCCCNC)c1)SSC(C)(C)C. The molecule has 2 amide bonds. The maximum absolute atomic E-state index is 12.7. The molecule has 13 heteroatoms. The highest BCUT2D eigenvalue weighted by Gasteiger charge is 2.30. The first kappa shape index (κ1) is 41.0. The molecule has 1 aromatic rings. The molecule has 0 aromatic heterocycles. The molecule has 1 unspecified atom stereocenters. The average molecular weight is 672 g/mol. The van der Waals surface area contributed by atoms with Crippen molar-refractivity contribution < 1.29 is 38.0 Å². The summed E-state index contributed by atoms with van der Waals surface area (Å²) >= 11 is 0. The Morgan fingerprint density at radius 1 is 0.844 bits per heavy atom. The van der Waals surface area contributed by atoms with Gasteiger partial charge in [-0.2, -0.15) is 0 Å². The van der Waals surface area contributed by atoms with E-state index in [0.717, 1.165) is 13.0 Å². The van der Waals surface area contributed by atoms with Gasteiger partial charge in [-0.25, -0.2) is 0 Å². The summed E-state index contributed by atoms with van der Waals surface area (Å²) in [4.78, 5) is 23.8. The van der Waals surface area contributed by atoms with Crippen LogP contribution in [-0.2, 0) is 28.5 Å². The Hall–Kier alpha value is -2.02. The van der Waals surface area contributed by atoms with Crippen LogP contribution in [0.1, 0.15) is 51.4 Å². The van der Waals surface area contributed by atoms with Crippen LogP contribution in [0.5, 0.6) is 5.75 Å². The van der Waals surface area contributed by atoms with Crippen LogP contribution in [0.4, 0.5) is 0 Å². The van der Waals surface area contributed by atoms with E-state index in [9.17, 15) is 9.59 Å². The molecule has 3 N–H and O–H groups in total. The quantitative estimate of drug-likeness (QED) is 0.0580. The first-order valence-electron chi connectivity index (χ1n) is 15.2. The Morgan fingerprint density at radius 2 is 1.53 bits per heavy atom. The van der Waals surface area contributed by atoms with E-state index in [-0.39, 0.29) is 43.0 Å². The molecule has 0 bridgehead atoms. The molecule has 11 nitrogen and oxygen atoms in total. The molecule has 0 aliphatic rings. The number of nitrogens with one attached hydrogen (secondary N) is 3. The van der Waals surface area contributed by atoms with Gasteiger partial charge in [-0.05, 0) is 52.1 Å². The molecule has 1 atom stereocenters. The van der Waals surface area contributed by atoms with Crippen LogP contribution < -0.4 is 20.7 Å². The van der Waals surface area contributed by atoms with E-state index in [1.54, 1.807) is 52.8 Å². The third-order valence-electron chi connectivity index (χ3n) is 5.48. The fourth-order valence-electron chi connectivity index (χ4n) is 3.24. The maximum Gasteiger partial charge on any atom is 0.251 e. The predicted octanol–water partition coefficient (Wildman–Crippen LogP) is 3.52. The Bertz CT molecular complexity index is 1020. The highest BCUT2D eigenvalue weighted by atomic mass is 33.1. The van der Waals surface area contributed by atoms with Gasteiger partial charge in [-0.15, -0.1) is 5.92 Å². The normalized spacial score (nSPS) is 12.6. The summed E-state index contributed by atoms with van der Waals surface area (Å²) in [5.41, 5.74) is 0.487. The molecular formula is C32H53N3O8S2. The van der Waals surface area contributed by atoms with Gasteiger partial charge < -0.3 is 44.4 Å². The molecule has 45 heavy (non-hydrogen) atoms. The van der Waals surface area contributed by atoms with Crippen molar-refractivity contribution in [1.29, 1.82) is 0 Å². The third-order valence-corrected chi connectivity index (χ3v) is 9.45. The van der Waals surface area contributed by atoms with Crippen molar-refractivity contribution in [2.45, 2.75) is 50.7 Å². The summed E-state index contributed by atoms with van der Waals surface area (Å²) in [6, 6.07) is 7.03. The van der Waals surface area contributed by atoms with Crippen LogP contribution in [-0.4, -0.2) is 114 Å². The molecule has 0 radical (unpaired) electrons. The first-order chi connectivity index (χ1) is 21.6. The molecule has 1 rings (SSSR count). The van der Waals surface area contributed by atoms with Gasteiger partial charge in [0, 0.05) is 23.5 Å². The second-order valence-corrected chi connectivity index (χ2v) is 14.3.